The first-order valence-corrected chi connectivity index (χ1v) is 14.1. The molecule has 0 unspecified atom stereocenters. The minimum absolute atomic E-state index is 0.0732. The number of fused-ring (bicyclic) bond motifs is 2. The van der Waals surface area contributed by atoms with Crippen LogP contribution in [0, 0.1) is 12.8 Å². The lowest BCUT2D eigenvalue weighted by Gasteiger charge is -2.22. The Kier molecular flexibility index (Phi) is 6.53. The van der Waals surface area contributed by atoms with Gasteiger partial charge < -0.3 is 15.6 Å². The lowest BCUT2D eigenvalue weighted by Crippen LogP contribution is -2.30. The smallest absolute Gasteiger partial charge is 0.224 e. The van der Waals surface area contributed by atoms with Gasteiger partial charge in [0.05, 0.1) is 11.4 Å². The number of hydrogen-bond donors (Lipinski definition) is 4. The quantitative estimate of drug-likeness (QED) is 0.193. The summed E-state index contributed by atoms with van der Waals surface area (Å²) in [6.45, 7) is 4.02. The van der Waals surface area contributed by atoms with Crippen LogP contribution in [0.25, 0.3) is 55.6 Å². The zero-order chi connectivity index (χ0) is 27.8. The van der Waals surface area contributed by atoms with Crippen molar-refractivity contribution in [2.75, 3.05) is 18.4 Å². The Hall–Kier alpha value is -4.82. The third kappa shape index (κ3) is 5.10. The van der Waals surface area contributed by atoms with Gasteiger partial charge in [-0.2, -0.15) is 5.10 Å². The molecule has 6 aromatic rings. The van der Waals surface area contributed by atoms with Gasteiger partial charge in [-0.05, 0) is 103 Å². The van der Waals surface area contributed by atoms with E-state index in [-0.39, 0.29) is 5.91 Å². The topological polar surface area (TPSA) is 111 Å². The zero-order valence-corrected chi connectivity index (χ0v) is 22.9. The van der Waals surface area contributed by atoms with E-state index < -0.39 is 0 Å². The molecule has 0 atom stereocenters. The molecule has 0 radical (unpaired) electrons. The van der Waals surface area contributed by atoms with Crippen LogP contribution in [0.15, 0.2) is 79.3 Å². The molecular weight excluding hydrogens is 510 g/mol. The molecule has 0 aliphatic carbocycles. The van der Waals surface area contributed by atoms with Gasteiger partial charge in [-0.15, -0.1) is 0 Å². The molecule has 1 fully saturated rings. The highest BCUT2D eigenvalue weighted by molar-refractivity contribution is 6.01. The van der Waals surface area contributed by atoms with Crippen LogP contribution in [0.4, 0.5) is 5.69 Å². The third-order valence-corrected chi connectivity index (χ3v) is 7.96. The Bertz CT molecular complexity index is 1870. The second kappa shape index (κ2) is 10.6. The average molecular weight is 542 g/mol. The molecule has 0 spiro atoms. The summed E-state index contributed by atoms with van der Waals surface area (Å²) in [5.74, 6) is 0.515. The van der Waals surface area contributed by atoms with Crippen LogP contribution in [0.1, 0.15) is 24.8 Å². The van der Waals surface area contributed by atoms with E-state index >= 15 is 0 Å². The van der Waals surface area contributed by atoms with Crippen molar-refractivity contribution in [3.05, 3.63) is 84.8 Å². The maximum Gasteiger partial charge on any atom is 0.224 e. The minimum atomic E-state index is 0.0732. The highest BCUT2D eigenvalue weighted by Crippen LogP contribution is 2.35. The Morgan fingerprint density at radius 2 is 1.80 bits per heavy atom. The Balaban J connectivity index is 1.21. The molecule has 41 heavy (non-hydrogen) atoms. The van der Waals surface area contributed by atoms with E-state index in [2.05, 4.69) is 72.2 Å². The van der Waals surface area contributed by atoms with Crippen LogP contribution in [0.5, 0.6) is 0 Å². The molecule has 1 aliphatic heterocycles. The number of hydrogen-bond acceptors (Lipinski definition) is 5. The number of amides is 1. The van der Waals surface area contributed by atoms with E-state index in [1.165, 1.54) is 0 Å². The fraction of sp³-hybridized carbons (Fsp3) is 0.212. The van der Waals surface area contributed by atoms with E-state index in [1.54, 1.807) is 0 Å². The van der Waals surface area contributed by atoms with E-state index in [1.807, 2.05) is 49.8 Å². The normalized spacial score (nSPS) is 14.1. The van der Waals surface area contributed by atoms with Crippen LogP contribution in [-0.2, 0) is 4.79 Å². The number of benzene rings is 2. The predicted molar refractivity (Wildman–Crippen MR) is 163 cm³/mol. The summed E-state index contributed by atoms with van der Waals surface area (Å²) in [7, 11) is 0. The minimum Gasteiger partial charge on any atom is -0.353 e. The molecule has 4 N–H and O–H groups in total. The number of piperidine rings is 1. The number of nitrogens with one attached hydrogen (secondary N) is 4. The van der Waals surface area contributed by atoms with Crippen molar-refractivity contribution in [1.82, 2.24) is 30.5 Å². The van der Waals surface area contributed by atoms with Gasteiger partial charge in [0, 0.05) is 52.6 Å². The highest BCUT2D eigenvalue weighted by Gasteiger charge is 2.18. The lowest BCUT2D eigenvalue weighted by atomic mass is 9.94. The van der Waals surface area contributed by atoms with Gasteiger partial charge in [0.15, 0.2) is 5.65 Å². The molecule has 2 aromatic carbocycles. The fourth-order valence-electron chi connectivity index (χ4n) is 5.92. The second-order valence-electron chi connectivity index (χ2n) is 10.9. The number of aromatic amines is 2. The Morgan fingerprint density at radius 3 is 2.66 bits per heavy atom. The van der Waals surface area contributed by atoms with Crippen molar-refractivity contribution < 1.29 is 4.79 Å². The van der Waals surface area contributed by atoms with Gasteiger partial charge in [0.25, 0.3) is 0 Å². The fourth-order valence-corrected chi connectivity index (χ4v) is 5.92. The summed E-state index contributed by atoms with van der Waals surface area (Å²) in [5.41, 5.74) is 9.64. The number of H-pyrrole nitrogens is 2. The standard InChI is InChI=1S/C33H31N7O/c1-20-13-23(16-25(14-20)37-31(41)15-21-5-9-34-10-6-21)24-17-28-32(39-40-33(28)36-19-24)30-18-27-26(3-2-4-29(27)38-30)22-7-11-35-12-8-22/h2-4,7-8,11-14,16-19,21,34,38H,5-6,9-10,15H2,1H3,(H,37,41)(H,36,39,40). The van der Waals surface area contributed by atoms with Crippen molar-refractivity contribution in [2.24, 2.45) is 5.92 Å². The number of pyridine rings is 2. The van der Waals surface area contributed by atoms with Crippen LogP contribution in [0.3, 0.4) is 0 Å². The molecule has 4 aromatic heterocycles. The highest BCUT2D eigenvalue weighted by atomic mass is 16.1. The molecule has 0 saturated carbocycles. The number of rotatable bonds is 6. The first kappa shape index (κ1) is 25.2. The van der Waals surface area contributed by atoms with Crippen molar-refractivity contribution in [1.29, 1.82) is 0 Å². The molecule has 5 heterocycles. The SMILES string of the molecule is Cc1cc(NC(=O)CC2CCNCC2)cc(-c2cnc3n[nH]c(-c4cc5c(-c6ccncc6)cccc5[nH]4)c3c2)c1. The van der Waals surface area contributed by atoms with Crippen LogP contribution < -0.4 is 10.6 Å². The average Bonchev–Trinajstić information content (AvgIpc) is 3.61. The number of carbonyl (C=O) groups is 1. The van der Waals surface area contributed by atoms with Gasteiger partial charge >= 0.3 is 0 Å². The summed E-state index contributed by atoms with van der Waals surface area (Å²) in [6, 6.07) is 20.8. The maximum atomic E-state index is 12.8. The molecule has 8 nitrogen and oxygen atoms in total. The van der Waals surface area contributed by atoms with Crippen molar-refractivity contribution in [3.8, 4) is 33.6 Å². The number of nitrogens with zero attached hydrogens (tertiary/aromatic N) is 3. The van der Waals surface area contributed by atoms with Gasteiger partial charge in [-0.1, -0.05) is 18.2 Å². The van der Waals surface area contributed by atoms with Gasteiger partial charge in [0.2, 0.25) is 5.91 Å². The number of anilines is 1. The van der Waals surface area contributed by atoms with E-state index in [0.29, 0.717) is 18.0 Å². The third-order valence-electron chi connectivity index (χ3n) is 7.96. The lowest BCUT2D eigenvalue weighted by molar-refractivity contribution is -0.117. The molecule has 0 bridgehead atoms. The first-order chi connectivity index (χ1) is 20.1. The second-order valence-corrected chi connectivity index (χ2v) is 10.9. The molecule has 1 saturated heterocycles. The predicted octanol–water partition coefficient (Wildman–Crippen LogP) is 6.47. The monoisotopic (exact) mass is 541 g/mol. The van der Waals surface area contributed by atoms with Gasteiger partial charge in [-0.25, -0.2) is 4.98 Å². The number of carbonyl (C=O) groups excluding carboxylic acids is 1. The molecule has 8 heteroatoms. The van der Waals surface area contributed by atoms with Crippen LogP contribution in [-0.4, -0.2) is 44.1 Å². The molecule has 1 amide bonds. The number of aryl methyl sites for hydroxylation is 1. The van der Waals surface area contributed by atoms with E-state index in [4.69, 9.17) is 0 Å². The van der Waals surface area contributed by atoms with Gasteiger partial charge in [-0.3, -0.25) is 14.9 Å². The van der Waals surface area contributed by atoms with Crippen molar-refractivity contribution >= 4 is 33.5 Å². The van der Waals surface area contributed by atoms with Gasteiger partial charge in [0.1, 0.15) is 0 Å². The van der Waals surface area contributed by atoms with Crippen LogP contribution >= 0.6 is 0 Å². The number of aromatic nitrogens is 5. The van der Waals surface area contributed by atoms with Crippen LogP contribution in [0.2, 0.25) is 0 Å². The van der Waals surface area contributed by atoms with E-state index in [0.717, 1.165) is 87.1 Å². The molecular formula is C33H31N7O. The Morgan fingerprint density at radius 1 is 0.951 bits per heavy atom. The van der Waals surface area contributed by atoms with E-state index in [9.17, 15) is 4.79 Å². The van der Waals surface area contributed by atoms with Crippen molar-refractivity contribution in [3.63, 3.8) is 0 Å². The molecule has 1 aliphatic rings. The summed E-state index contributed by atoms with van der Waals surface area (Å²) < 4.78 is 0. The largest absolute Gasteiger partial charge is 0.353 e. The van der Waals surface area contributed by atoms with Crippen molar-refractivity contribution in [2.45, 2.75) is 26.2 Å². The zero-order valence-electron chi connectivity index (χ0n) is 22.9. The Labute approximate surface area is 237 Å². The summed E-state index contributed by atoms with van der Waals surface area (Å²) in [4.78, 5) is 25.2. The summed E-state index contributed by atoms with van der Waals surface area (Å²) in [5, 5.41) is 16.2. The maximum absolute atomic E-state index is 12.8. The first-order valence-electron chi connectivity index (χ1n) is 14.1. The molecule has 204 valence electrons. The summed E-state index contributed by atoms with van der Waals surface area (Å²) in [6.07, 6.45) is 8.13. The summed E-state index contributed by atoms with van der Waals surface area (Å²) >= 11 is 0. The molecule has 7 rings (SSSR count).